The average Bonchev–Trinajstić information content (AvgIpc) is 2.26. The molecule has 0 atom stereocenters. The van der Waals surface area contributed by atoms with E-state index in [2.05, 4.69) is 9.97 Å². The van der Waals surface area contributed by atoms with E-state index in [4.69, 9.17) is 0 Å². The second-order valence-electron chi connectivity index (χ2n) is 3.60. The number of hydrogen-bond donors (Lipinski definition) is 1. The van der Waals surface area contributed by atoms with Crippen LogP contribution in [-0.2, 0) is 6.42 Å². The number of halogens is 2. The zero-order valence-electron chi connectivity index (χ0n) is 9.13. The molecule has 1 aromatic carbocycles. The minimum absolute atomic E-state index is 0.174. The standard InChI is InChI=1S/C12H10F2N2O/c1-2-10-6-11(17)16-12(15-10)7-3-8(13)5-9(14)4-7/h3-6H,2H2,1H3,(H,15,16,17). The molecule has 0 spiro atoms. The fraction of sp³-hybridized carbons (Fsp3) is 0.167. The van der Waals surface area contributed by atoms with E-state index in [1.54, 1.807) is 0 Å². The molecule has 0 amide bonds. The van der Waals surface area contributed by atoms with Crippen LogP contribution >= 0.6 is 0 Å². The van der Waals surface area contributed by atoms with Gasteiger partial charge >= 0.3 is 0 Å². The van der Waals surface area contributed by atoms with Crippen LogP contribution in [0, 0.1) is 11.6 Å². The Kier molecular flexibility index (Phi) is 2.99. The zero-order valence-corrected chi connectivity index (χ0v) is 9.13. The summed E-state index contributed by atoms with van der Waals surface area (Å²) in [7, 11) is 0. The zero-order chi connectivity index (χ0) is 12.4. The molecule has 0 aliphatic carbocycles. The lowest BCUT2D eigenvalue weighted by Gasteiger charge is -2.03. The summed E-state index contributed by atoms with van der Waals surface area (Å²) in [6.45, 7) is 1.84. The summed E-state index contributed by atoms with van der Waals surface area (Å²) < 4.78 is 26.1. The first kappa shape index (κ1) is 11.4. The van der Waals surface area contributed by atoms with E-state index >= 15 is 0 Å². The number of aromatic nitrogens is 2. The van der Waals surface area contributed by atoms with Gasteiger partial charge < -0.3 is 4.98 Å². The SMILES string of the molecule is CCc1cc(=O)[nH]c(-c2cc(F)cc(F)c2)n1. The van der Waals surface area contributed by atoms with Crippen molar-refractivity contribution in [3.05, 3.63) is 51.9 Å². The van der Waals surface area contributed by atoms with Crippen LogP contribution in [0.1, 0.15) is 12.6 Å². The first-order chi connectivity index (χ1) is 8.08. The van der Waals surface area contributed by atoms with Crippen LogP contribution in [0.25, 0.3) is 11.4 Å². The molecule has 0 fully saturated rings. The monoisotopic (exact) mass is 236 g/mol. The van der Waals surface area contributed by atoms with Gasteiger partial charge in [-0.2, -0.15) is 0 Å². The molecule has 17 heavy (non-hydrogen) atoms. The Morgan fingerprint density at radius 1 is 1.18 bits per heavy atom. The van der Waals surface area contributed by atoms with Crippen molar-refractivity contribution in [3.63, 3.8) is 0 Å². The molecular weight excluding hydrogens is 226 g/mol. The molecule has 0 aliphatic heterocycles. The van der Waals surface area contributed by atoms with Gasteiger partial charge in [-0.25, -0.2) is 13.8 Å². The lowest BCUT2D eigenvalue weighted by molar-refractivity contribution is 0.584. The van der Waals surface area contributed by atoms with E-state index in [9.17, 15) is 13.6 Å². The highest BCUT2D eigenvalue weighted by Crippen LogP contribution is 2.17. The second kappa shape index (κ2) is 4.45. The quantitative estimate of drug-likeness (QED) is 0.869. The lowest BCUT2D eigenvalue weighted by Crippen LogP contribution is -2.10. The molecule has 3 nitrogen and oxygen atoms in total. The van der Waals surface area contributed by atoms with Crippen molar-refractivity contribution in [1.82, 2.24) is 9.97 Å². The maximum atomic E-state index is 13.0. The topological polar surface area (TPSA) is 45.8 Å². The predicted octanol–water partition coefficient (Wildman–Crippen LogP) is 2.28. The van der Waals surface area contributed by atoms with Gasteiger partial charge in [0.1, 0.15) is 17.5 Å². The number of benzene rings is 1. The van der Waals surface area contributed by atoms with Gasteiger partial charge in [0, 0.05) is 23.4 Å². The molecule has 2 aromatic rings. The molecule has 0 radical (unpaired) electrons. The van der Waals surface area contributed by atoms with Crippen molar-refractivity contribution in [2.75, 3.05) is 0 Å². The van der Waals surface area contributed by atoms with E-state index < -0.39 is 11.6 Å². The first-order valence-corrected chi connectivity index (χ1v) is 5.15. The molecule has 1 heterocycles. The Hall–Kier alpha value is -2.04. The molecule has 0 aliphatic rings. The normalized spacial score (nSPS) is 10.5. The van der Waals surface area contributed by atoms with Gasteiger partial charge in [-0.15, -0.1) is 0 Å². The van der Waals surface area contributed by atoms with Gasteiger partial charge in [0.15, 0.2) is 0 Å². The number of aryl methyl sites for hydroxylation is 1. The summed E-state index contributed by atoms with van der Waals surface area (Å²) in [5.41, 5.74) is 0.458. The van der Waals surface area contributed by atoms with Gasteiger partial charge in [0.05, 0.1) is 0 Å². The summed E-state index contributed by atoms with van der Waals surface area (Å²) in [4.78, 5) is 17.9. The number of hydrogen-bond acceptors (Lipinski definition) is 2. The Morgan fingerprint density at radius 2 is 1.82 bits per heavy atom. The van der Waals surface area contributed by atoms with Crippen molar-refractivity contribution >= 4 is 0 Å². The Bertz CT molecular complexity index is 587. The highest BCUT2D eigenvalue weighted by molar-refractivity contribution is 5.54. The Balaban J connectivity index is 2.59. The maximum absolute atomic E-state index is 13.0. The van der Waals surface area contributed by atoms with Crippen molar-refractivity contribution in [1.29, 1.82) is 0 Å². The van der Waals surface area contributed by atoms with E-state index in [1.807, 2.05) is 6.92 Å². The van der Waals surface area contributed by atoms with E-state index in [0.717, 1.165) is 18.2 Å². The minimum Gasteiger partial charge on any atom is -0.307 e. The Morgan fingerprint density at radius 3 is 2.41 bits per heavy atom. The van der Waals surface area contributed by atoms with Gasteiger partial charge in [-0.3, -0.25) is 4.79 Å². The third-order valence-corrected chi connectivity index (χ3v) is 2.29. The molecule has 88 valence electrons. The van der Waals surface area contributed by atoms with E-state index in [-0.39, 0.29) is 16.9 Å². The maximum Gasteiger partial charge on any atom is 0.251 e. The predicted molar refractivity (Wildman–Crippen MR) is 59.6 cm³/mol. The highest BCUT2D eigenvalue weighted by Gasteiger charge is 2.06. The molecule has 0 saturated heterocycles. The molecule has 2 rings (SSSR count). The minimum atomic E-state index is -0.704. The molecule has 0 unspecified atom stereocenters. The van der Waals surface area contributed by atoms with Crippen LogP contribution in [0.4, 0.5) is 8.78 Å². The van der Waals surface area contributed by atoms with Gasteiger partial charge in [-0.1, -0.05) is 6.92 Å². The van der Waals surface area contributed by atoms with Crippen molar-refractivity contribution in [2.45, 2.75) is 13.3 Å². The molecule has 1 aromatic heterocycles. The van der Waals surface area contributed by atoms with Crippen molar-refractivity contribution < 1.29 is 8.78 Å². The summed E-state index contributed by atoms with van der Waals surface area (Å²) >= 11 is 0. The van der Waals surface area contributed by atoms with Crippen LogP contribution in [0.2, 0.25) is 0 Å². The summed E-state index contributed by atoms with van der Waals surface area (Å²) in [5, 5.41) is 0. The van der Waals surface area contributed by atoms with Gasteiger partial charge in [0.2, 0.25) is 0 Å². The number of aromatic amines is 1. The molecular formula is C12H10F2N2O. The third kappa shape index (κ3) is 2.55. The Labute approximate surface area is 96.2 Å². The molecule has 5 heteroatoms. The van der Waals surface area contributed by atoms with Crippen molar-refractivity contribution in [3.8, 4) is 11.4 Å². The van der Waals surface area contributed by atoms with Crippen LogP contribution in [0.3, 0.4) is 0 Å². The summed E-state index contributed by atoms with van der Waals surface area (Å²) in [6, 6.07) is 4.38. The number of H-pyrrole nitrogens is 1. The number of rotatable bonds is 2. The fourth-order valence-corrected chi connectivity index (χ4v) is 1.52. The van der Waals surface area contributed by atoms with Gasteiger partial charge in [-0.05, 0) is 18.6 Å². The van der Waals surface area contributed by atoms with Crippen molar-refractivity contribution in [2.24, 2.45) is 0 Å². The molecule has 0 saturated carbocycles. The van der Waals surface area contributed by atoms with Crippen LogP contribution in [-0.4, -0.2) is 9.97 Å². The smallest absolute Gasteiger partial charge is 0.251 e. The van der Waals surface area contributed by atoms with Crippen LogP contribution in [0.5, 0.6) is 0 Å². The molecule has 0 bridgehead atoms. The number of nitrogens with zero attached hydrogens (tertiary/aromatic N) is 1. The lowest BCUT2D eigenvalue weighted by atomic mass is 10.2. The largest absolute Gasteiger partial charge is 0.307 e. The van der Waals surface area contributed by atoms with Crippen LogP contribution < -0.4 is 5.56 Å². The first-order valence-electron chi connectivity index (χ1n) is 5.15. The summed E-state index contributed by atoms with van der Waals surface area (Å²) in [5.74, 6) is -1.23. The third-order valence-electron chi connectivity index (χ3n) is 2.29. The second-order valence-corrected chi connectivity index (χ2v) is 3.60. The van der Waals surface area contributed by atoms with E-state index in [0.29, 0.717) is 12.1 Å². The van der Waals surface area contributed by atoms with Gasteiger partial charge in [0.25, 0.3) is 5.56 Å². The average molecular weight is 236 g/mol. The number of nitrogens with one attached hydrogen (secondary N) is 1. The molecule has 1 N–H and O–H groups in total. The van der Waals surface area contributed by atoms with Crippen LogP contribution in [0.15, 0.2) is 29.1 Å². The summed E-state index contributed by atoms with van der Waals surface area (Å²) in [6.07, 6.45) is 0.578. The fourth-order valence-electron chi connectivity index (χ4n) is 1.52. The van der Waals surface area contributed by atoms with E-state index in [1.165, 1.54) is 6.07 Å². The highest BCUT2D eigenvalue weighted by atomic mass is 19.1.